The fourth-order valence-corrected chi connectivity index (χ4v) is 1.19. The van der Waals surface area contributed by atoms with E-state index >= 15 is 0 Å². The summed E-state index contributed by atoms with van der Waals surface area (Å²) in [5.74, 6) is 0.978. The highest BCUT2D eigenvalue weighted by molar-refractivity contribution is 5.40. The van der Waals surface area contributed by atoms with Gasteiger partial charge < -0.3 is 5.11 Å². The van der Waals surface area contributed by atoms with Crippen molar-refractivity contribution in [3.05, 3.63) is 24.2 Å². The van der Waals surface area contributed by atoms with Crippen molar-refractivity contribution in [1.29, 1.82) is 0 Å². The highest BCUT2D eigenvalue weighted by Gasteiger charge is 2.19. The molecule has 0 spiro atoms. The van der Waals surface area contributed by atoms with Gasteiger partial charge in [0, 0.05) is 5.41 Å². The van der Waals surface area contributed by atoms with Gasteiger partial charge in [-0.25, -0.2) is 9.50 Å². The van der Waals surface area contributed by atoms with E-state index in [1.54, 1.807) is 22.8 Å². The predicted molar refractivity (Wildman–Crippen MR) is 53.4 cm³/mol. The molecule has 0 amide bonds. The average Bonchev–Trinajstić information content (AvgIpc) is 2.45. The zero-order valence-corrected chi connectivity index (χ0v) is 8.52. The number of rotatable bonds is 0. The van der Waals surface area contributed by atoms with Gasteiger partial charge in [0.05, 0.1) is 6.20 Å². The van der Waals surface area contributed by atoms with Crippen molar-refractivity contribution in [2.45, 2.75) is 26.2 Å². The van der Waals surface area contributed by atoms with Crippen LogP contribution in [0.15, 0.2) is 18.3 Å². The second kappa shape index (κ2) is 2.70. The maximum atomic E-state index is 9.25. The van der Waals surface area contributed by atoms with Crippen LogP contribution in [0.25, 0.3) is 5.65 Å². The van der Waals surface area contributed by atoms with Crippen LogP contribution in [-0.4, -0.2) is 19.7 Å². The molecule has 0 radical (unpaired) electrons. The fraction of sp³-hybridized carbons (Fsp3) is 0.400. The lowest BCUT2D eigenvalue weighted by Crippen LogP contribution is -2.13. The lowest BCUT2D eigenvalue weighted by molar-refractivity contribution is 0.470. The van der Waals surface area contributed by atoms with Crippen molar-refractivity contribution in [3.8, 4) is 5.75 Å². The van der Waals surface area contributed by atoms with E-state index in [0.717, 1.165) is 11.5 Å². The van der Waals surface area contributed by atoms with Gasteiger partial charge >= 0.3 is 0 Å². The Labute approximate surface area is 82.2 Å². The minimum Gasteiger partial charge on any atom is -0.506 e. The molecule has 4 nitrogen and oxygen atoms in total. The van der Waals surface area contributed by atoms with Gasteiger partial charge in [0.15, 0.2) is 11.5 Å². The standard InChI is InChI=1S/C10H13N3O/c1-10(2,3)9-11-8-5-4-7(14)6-13(8)12-9/h4-6,14H,1-3H3. The maximum Gasteiger partial charge on any atom is 0.157 e. The molecule has 2 aromatic heterocycles. The quantitative estimate of drug-likeness (QED) is 0.690. The highest BCUT2D eigenvalue weighted by Crippen LogP contribution is 2.19. The largest absolute Gasteiger partial charge is 0.506 e. The third kappa shape index (κ3) is 1.43. The smallest absolute Gasteiger partial charge is 0.157 e. The molecule has 2 rings (SSSR count). The summed E-state index contributed by atoms with van der Waals surface area (Å²) >= 11 is 0. The Bertz CT molecular complexity index is 468. The number of aromatic nitrogens is 3. The molecule has 0 aliphatic heterocycles. The molecule has 0 saturated heterocycles. The van der Waals surface area contributed by atoms with E-state index in [0.29, 0.717) is 0 Å². The van der Waals surface area contributed by atoms with Gasteiger partial charge in [-0.2, -0.15) is 5.10 Å². The molecular weight excluding hydrogens is 178 g/mol. The maximum absolute atomic E-state index is 9.25. The molecule has 0 aliphatic rings. The van der Waals surface area contributed by atoms with Crippen LogP contribution < -0.4 is 0 Å². The van der Waals surface area contributed by atoms with Crippen LogP contribution in [0.2, 0.25) is 0 Å². The summed E-state index contributed by atoms with van der Waals surface area (Å²) in [6.07, 6.45) is 1.55. The molecule has 2 aromatic rings. The van der Waals surface area contributed by atoms with Crippen LogP contribution in [0.4, 0.5) is 0 Å². The van der Waals surface area contributed by atoms with E-state index in [-0.39, 0.29) is 11.2 Å². The summed E-state index contributed by atoms with van der Waals surface area (Å²) in [7, 11) is 0. The van der Waals surface area contributed by atoms with E-state index < -0.39 is 0 Å². The summed E-state index contributed by atoms with van der Waals surface area (Å²) in [6, 6.07) is 3.36. The van der Waals surface area contributed by atoms with Crippen LogP contribution >= 0.6 is 0 Å². The van der Waals surface area contributed by atoms with Gasteiger partial charge in [-0.3, -0.25) is 0 Å². The first kappa shape index (κ1) is 8.99. The Balaban J connectivity index is 2.63. The van der Waals surface area contributed by atoms with Gasteiger partial charge in [0.2, 0.25) is 0 Å². The first-order valence-electron chi connectivity index (χ1n) is 4.53. The minimum absolute atomic E-state index is 0.0678. The van der Waals surface area contributed by atoms with E-state index in [9.17, 15) is 5.11 Å². The molecule has 14 heavy (non-hydrogen) atoms. The van der Waals surface area contributed by atoms with E-state index in [2.05, 4.69) is 30.9 Å². The van der Waals surface area contributed by atoms with Crippen LogP contribution in [0.3, 0.4) is 0 Å². The molecular formula is C10H13N3O. The van der Waals surface area contributed by atoms with Crippen molar-refractivity contribution in [2.75, 3.05) is 0 Å². The number of hydrogen-bond donors (Lipinski definition) is 1. The van der Waals surface area contributed by atoms with Crippen LogP contribution in [0.1, 0.15) is 26.6 Å². The van der Waals surface area contributed by atoms with E-state index in [4.69, 9.17) is 0 Å². The van der Waals surface area contributed by atoms with Gasteiger partial charge in [-0.1, -0.05) is 20.8 Å². The fourth-order valence-electron chi connectivity index (χ4n) is 1.19. The normalized spacial score (nSPS) is 12.2. The van der Waals surface area contributed by atoms with Crippen molar-refractivity contribution in [2.24, 2.45) is 0 Å². The number of pyridine rings is 1. The molecule has 1 N–H and O–H groups in total. The molecule has 2 heterocycles. The molecule has 0 atom stereocenters. The topological polar surface area (TPSA) is 50.4 Å². The van der Waals surface area contributed by atoms with Gasteiger partial charge in [0.25, 0.3) is 0 Å². The number of fused-ring (bicyclic) bond motifs is 1. The van der Waals surface area contributed by atoms with Gasteiger partial charge in [0.1, 0.15) is 5.75 Å². The Kier molecular flexibility index (Phi) is 1.74. The van der Waals surface area contributed by atoms with Crippen LogP contribution in [0.5, 0.6) is 5.75 Å². The molecule has 0 aromatic carbocycles. The van der Waals surface area contributed by atoms with Crippen molar-refractivity contribution in [1.82, 2.24) is 14.6 Å². The van der Waals surface area contributed by atoms with Crippen molar-refractivity contribution >= 4 is 5.65 Å². The third-order valence-corrected chi connectivity index (χ3v) is 1.99. The van der Waals surface area contributed by atoms with Gasteiger partial charge in [-0.15, -0.1) is 0 Å². The lowest BCUT2D eigenvalue weighted by atomic mass is 9.96. The summed E-state index contributed by atoms with van der Waals surface area (Å²) in [5.41, 5.74) is 0.689. The molecule has 0 unspecified atom stereocenters. The lowest BCUT2D eigenvalue weighted by Gasteiger charge is -2.11. The second-order valence-electron chi connectivity index (χ2n) is 4.38. The Morgan fingerprint density at radius 3 is 2.64 bits per heavy atom. The molecule has 0 fully saturated rings. The van der Waals surface area contributed by atoms with Crippen LogP contribution in [0, 0.1) is 0 Å². The Morgan fingerprint density at radius 2 is 2.00 bits per heavy atom. The van der Waals surface area contributed by atoms with E-state index in [1.165, 1.54) is 0 Å². The first-order chi connectivity index (χ1) is 6.47. The average molecular weight is 191 g/mol. The molecule has 0 bridgehead atoms. The summed E-state index contributed by atoms with van der Waals surface area (Å²) in [4.78, 5) is 4.37. The highest BCUT2D eigenvalue weighted by atomic mass is 16.3. The van der Waals surface area contributed by atoms with Crippen LogP contribution in [-0.2, 0) is 5.41 Å². The van der Waals surface area contributed by atoms with Crippen molar-refractivity contribution < 1.29 is 5.11 Å². The molecule has 0 saturated carbocycles. The van der Waals surface area contributed by atoms with Crippen molar-refractivity contribution in [3.63, 3.8) is 0 Å². The third-order valence-electron chi connectivity index (χ3n) is 1.99. The number of hydrogen-bond acceptors (Lipinski definition) is 3. The van der Waals surface area contributed by atoms with Gasteiger partial charge in [-0.05, 0) is 12.1 Å². The monoisotopic (exact) mass is 191 g/mol. The molecule has 74 valence electrons. The first-order valence-corrected chi connectivity index (χ1v) is 4.53. The molecule has 0 aliphatic carbocycles. The zero-order chi connectivity index (χ0) is 10.3. The predicted octanol–water partition coefficient (Wildman–Crippen LogP) is 1.73. The molecule has 4 heteroatoms. The summed E-state index contributed by atoms with van der Waals surface area (Å²) < 4.78 is 1.59. The number of aromatic hydroxyl groups is 1. The minimum atomic E-state index is -0.0678. The zero-order valence-electron chi connectivity index (χ0n) is 8.52. The summed E-state index contributed by atoms with van der Waals surface area (Å²) in [5, 5.41) is 13.5. The van der Waals surface area contributed by atoms with E-state index in [1.807, 2.05) is 0 Å². The Morgan fingerprint density at radius 1 is 1.29 bits per heavy atom. The second-order valence-corrected chi connectivity index (χ2v) is 4.38. The Hall–Kier alpha value is -1.58. The SMILES string of the molecule is CC(C)(C)c1nc2ccc(O)cn2n1. The number of nitrogens with zero attached hydrogens (tertiary/aromatic N) is 3. The summed E-state index contributed by atoms with van der Waals surface area (Å²) in [6.45, 7) is 6.17.